The van der Waals surface area contributed by atoms with Crippen molar-refractivity contribution in [2.45, 2.75) is 32.4 Å². The fourth-order valence-electron chi connectivity index (χ4n) is 2.42. The molecule has 0 saturated heterocycles. The third kappa shape index (κ3) is 4.58. The van der Waals surface area contributed by atoms with Crippen LogP contribution in [0.1, 0.15) is 30.5 Å². The quantitative estimate of drug-likeness (QED) is 0.784. The summed E-state index contributed by atoms with van der Waals surface area (Å²) in [5.74, 6) is 0.775. The van der Waals surface area contributed by atoms with Crippen LogP contribution in [-0.4, -0.2) is 24.4 Å². The molecule has 2 aromatic carbocycles. The summed E-state index contributed by atoms with van der Waals surface area (Å²) in [5, 5.41) is 13.3. The first kappa shape index (κ1) is 16.5. The van der Waals surface area contributed by atoms with Crippen LogP contribution < -0.4 is 10.1 Å². The molecule has 0 unspecified atom stereocenters. The standard InChI is InChI=1S/C19H25NO2/c1-3-13-20-19(16-11-9-15(2)10-12-16)18(14-21)22-17-7-5-4-6-8-17/h4-12,18-21H,3,13-14H2,1-2H3/t18-,19-/m0/s1. The summed E-state index contributed by atoms with van der Waals surface area (Å²) >= 11 is 0. The van der Waals surface area contributed by atoms with E-state index in [9.17, 15) is 5.11 Å². The van der Waals surface area contributed by atoms with Crippen LogP contribution >= 0.6 is 0 Å². The molecule has 0 aromatic heterocycles. The molecule has 0 heterocycles. The largest absolute Gasteiger partial charge is 0.486 e. The molecule has 3 nitrogen and oxygen atoms in total. The van der Waals surface area contributed by atoms with Gasteiger partial charge in [-0.3, -0.25) is 0 Å². The van der Waals surface area contributed by atoms with E-state index in [1.54, 1.807) is 0 Å². The Labute approximate surface area is 133 Å². The summed E-state index contributed by atoms with van der Waals surface area (Å²) in [6.45, 7) is 5.05. The molecule has 0 amide bonds. The van der Waals surface area contributed by atoms with Crippen molar-refractivity contribution >= 4 is 0 Å². The summed E-state index contributed by atoms with van der Waals surface area (Å²) < 4.78 is 5.99. The van der Waals surface area contributed by atoms with Crippen LogP contribution in [0.15, 0.2) is 54.6 Å². The SMILES string of the molecule is CCCN[C@@H](c1ccc(C)cc1)[C@H](CO)Oc1ccccc1. The predicted octanol–water partition coefficient (Wildman–Crippen LogP) is 3.48. The van der Waals surface area contributed by atoms with E-state index in [4.69, 9.17) is 4.74 Å². The first-order chi connectivity index (χ1) is 10.7. The van der Waals surface area contributed by atoms with Gasteiger partial charge >= 0.3 is 0 Å². The molecule has 0 aliphatic heterocycles. The van der Waals surface area contributed by atoms with E-state index in [-0.39, 0.29) is 18.8 Å². The van der Waals surface area contributed by atoms with Crippen molar-refractivity contribution in [3.63, 3.8) is 0 Å². The van der Waals surface area contributed by atoms with E-state index in [0.717, 1.165) is 24.3 Å². The first-order valence-corrected chi connectivity index (χ1v) is 7.87. The van der Waals surface area contributed by atoms with Crippen LogP contribution in [0.5, 0.6) is 5.75 Å². The van der Waals surface area contributed by atoms with Crippen molar-refractivity contribution in [2.24, 2.45) is 0 Å². The minimum Gasteiger partial charge on any atom is -0.486 e. The molecule has 2 rings (SSSR count). The molecular weight excluding hydrogens is 274 g/mol. The molecule has 0 aliphatic rings. The highest BCUT2D eigenvalue weighted by atomic mass is 16.5. The zero-order valence-electron chi connectivity index (χ0n) is 13.3. The number of aryl methyl sites for hydroxylation is 1. The smallest absolute Gasteiger partial charge is 0.141 e. The second-order valence-corrected chi connectivity index (χ2v) is 5.49. The molecule has 3 heteroatoms. The molecule has 118 valence electrons. The summed E-state index contributed by atoms with van der Waals surface area (Å²) in [7, 11) is 0. The van der Waals surface area contributed by atoms with E-state index >= 15 is 0 Å². The third-order valence-electron chi connectivity index (χ3n) is 3.63. The maximum Gasteiger partial charge on any atom is 0.141 e. The Morgan fingerprint density at radius 3 is 2.32 bits per heavy atom. The number of aliphatic hydroxyl groups is 1. The highest BCUT2D eigenvalue weighted by molar-refractivity contribution is 5.26. The minimum atomic E-state index is -0.323. The Morgan fingerprint density at radius 1 is 1.05 bits per heavy atom. The predicted molar refractivity (Wildman–Crippen MR) is 90.2 cm³/mol. The van der Waals surface area contributed by atoms with Crippen LogP contribution in [0.2, 0.25) is 0 Å². The van der Waals surface area contributed by atoms with Gasteiger partial charge in [-0.25, -0.2) is 0 Å². The normalized spacial score (nSPS) is 13.6. The van der Waals surface area contributed by atoms with Gasteiger partial charge in [-0.05, 0) is 37.6 Å². The first-order valence-electron chi connectivity index (χ1n) is 7.87. The number of nitrogens with one attached hydrogen (secondary N) is 1. The van der Waals surface area contributed by atoms with Gasteiger partial charge in [-0.15, -0.1) is 0 Å². The minimum absolute atomic E-state index is 0.0363. The molecule has 2 aromatic rings. The number of ether oxygens (including phenoxy) is 1. The number of rotatable bonds is 8. The number of hydrogen-bond donors (Lipinski definition) is 2. The third-order valence-corrected chi connectivity index (χ3v) is 3.63. The van der Waals surface area contributed by atoms with Crippen LogP contribution in [0.4, 0.5) is 0 Å². The van der Waals surface area contributed by atoms with Crippen molar-refractivity contribution in [3.8, 4) is 5.75 Å². The molecule has 0 saturated carbocycles. The Balaban J connectivity index is 2.19. The van der Waals surface area contributed by atoms with Gasteiger partial charge in [0, 0.05) is 0 Å². The molecule has 0 radical (unpaired) electrons. The molecule has 0 aliphatic carbocycles. The second kappa shape index (κ2) is 8.57. The molecule has 0 bridgehead atoms. The molecular formula is C19H25NO2. The van der Waals surface area contributed by atoms with Gasteiger partial charge in [0.25, 0.3) is 0 Å². The van der Waals surface area contributed by atoms with Crippen molar-refractivity contribution < 1.29 is 9.84 Å². The topological polar surface area (TPSA) is 41.5 Å². The molecule has 0 fully saturated rings. The van der Waals surface area contributed by atoms with Gasteiger partial charge in [0.15, 0.2) is 0 Å². The Bertz CT molecular complexity index is 539. The zero-order valence-corrected chi connectivity index (χ0v) is 13.3. The van der Waals surface area contributed by atoms with Gasteiger partial charge in [-0.1, -0.05) is 55.0 Å². The van der Waals surface area contributed by atoms with Gasteiger partial charge in [0.1, 0.15) is 11.9 Å². The van der Waals surface area contributed by atoms with Crippen molar-refractivity contribution in [1.29, 1.82) is 0 Å². The molecule has 2 atom stereocenters. The van der Waals surface area contributed by atoms with Gasteiger partial charge < -0.3 is 15.2 Å². The molecule has 22 heavy (non-hydrogen) atoms. The molecule has 2 N–H and O–H groups in total. The average molecular weight is 299 g/mol. The lowest BCUT2D eigenvalue weighted by atomic mass is 10.00. The maximum atomic E-state index is 9.81. The van der Waals surface area contributed by atoms with Gasteiger partial charge in [0.2, 0.25) is 0 Å². The Morgan fingerprint density at radius 2 is 1.73 bits per heavy atom. The van der Waals surface area contributed by atoms with Crippen molar-refractivity contribution in [1.82, 2.24) is 5.32 Å². The number of para-hydroxylation sites is 1. The summed E-state index contributed by atoms with van der Waals surface area (Å²) in [6, 6.07) is 18.0. The monoisotopic (exact) mass is 299 g/mol. The Kier molecular flexibility index (Phi) is 6.44. The van der Waals surface area contributed by atoms with Gasteiger partial charge in [0.05, 0.1) is 12.6 Å². The lowest BCUT2D eigenvalue weighted by Crippen LogP contribution is -2.38. The summed E-state index contributed by atoms with van der Waals surface area (Å²) in [5.41, 5.74) is 2.36. The van der Waals surface area contributed by atoms with Gasteiger partial charge in [-0.2, -0.15) is 0 Å². The van der Waals surface area contributed by atoms with E-state index in [2.05, 4.69) is 43.4 Å². The number of aliphatic hydroxyl groups excluding tert-OH is 1. The average Bonchev–Trinajstić information content (AvgIpc) is 2.56. The zero-order chi connectivity index (χ0) is 15.8. The second-order valence-electron chi connectivity index (χ2n) is 5.49. The fraction of sp³-hybridized carbons (Fsp3) is 0.368. The summed E-state index contributed by atoms with van der Waals surface area (Å²) in [4.78, 5) is 0. The number of benzene rings is 2. The maximum absolute atomic E-state index is 9.81. The lowest BCUT2D eigenvalue weighted by Gasteiger charge is -2.28. The highest BCUT2D eigenvalue weighted by Gasteiger charge is 2.23. The van der Waals surface area contributed by atoms with Crippen molar-refractivity contribution in [2.75, 3.05) is 13.2 Å². The van der Waals surface area contributed by atoms with Crippen molar-refractivity contribution in [3.05, 3.63) is 65.7 Å². The van der Waals surface area contributed by atoms with E-state index in [1.807, 2.05) is 30.3 Å². The fourth-order valence-corrected chi connectivity index (χ4v) is 2.42. The van der Waals surface area contributed by atoms with Crippen LogP contribution in [-0.2, 0) is 0 Å². The van der Waals surface area contributed by atoms with E-state index < -0.39 is 0 Å². The number of hydrogen-bond acceptors (Lipinski definition) is 3. The lowest BCUT2D eigenvalue weighted by molar-refractivity contribution is 0.0825. The van der Waals surface area contributed by atoms with Crippen LogP contribution in [0.25, 0.3) is 0 Å². The Hall–Kier alpha value is -1.84. The molecule has 0 spiro atoms. The van der Waals surface area contributed by atoms with E-state index in [1.165, 1.54) is 5.56 Å². The van der Waals surface area contributed by atoms with Crippen LogP contribution in [0.3, 0.4) is 0 Å². The highest BCUT2D eigenvalue weighted by Crippen LogP contribution is 2.22. The van der Waals surface area contributed by atoms with E-state index in [0.29, 0.717) is 0 Å². The van der Waals surface area contributed by atoms with Crippen LogP contribution in [0, 0.1) is 6.92 Å². The summed E-state index contributed by atoms with van der Waals surface area (Å²) in [6.07, 6.45) is 0.711.